The van der Waals surface area contributed by atoms with E-state index in [0.717, 1.165) is 11.3 Å². The third kappa shape index (κ3) is 1.47. The van der Waals surface area contributed by atoms with Crippen molar-refractivity contribution in [3.63, 3.8) is 0 Å². The second kappa shape index (κ2) is 3.15. The molecule has 2 rings (SSSR count). The molecule has 14 heavy (non-hydrogen) atoms. The average Bonchev–Trinajstić information content (AvgIpc) is 2.56. The van der Waals surface area contributed by atoms with Gasteiger partial charge in [0, 0.05) is 0 Å². The van der Waals surface area contributed by atoms with Gasteiger partial charge in [0.2, 0.25) is 5.13 Å². The molecule has 0 aliphatic rings. The largest absolute Gasteiger partial charge is 0.508 e. The normalized spacial score (nSPS) is 10.3. The molecule has 0 saturated carbocycles. The Labute approximate surface area is 83.5 Å². The summed E-state index contributed by atoms with van der Waals surface area (Å²) in [5.74, 6) is 0.102. The number of aromatic nitrogens is 2. The van der Waals surface area contributed by atoms with Crippen molar-refractivity contribution in [2.24, 2.45) is 0 Å². The Morgan fingerprint density at radius 3 is 2.64 bits per heavy atom. The second-order valence-corrected chi connectivity index (χ2v) is 3.66. The first-order valence-corrected chi connectivity index (χ1v) is 4.60. The maximum absolute atomic E-state index is 9.48. The first kappa shape index (κ1) is 8.76. The molecule has 2 aromatic rings. The quantitative estimate of drug-likeness (QED) is 0.614. The summed E-state index contributed by atoms with van der Waals surface area (Å²) >= 11 is 1.15. The van der Waals surface area contributed by atoms with Crippen LogP contribution in [0.3, 0.4) is 0 Å². The third-order valence-electron chi connectivity index (χ3n) is 1.65. The van der Waals surface area contributed by atoms with E-state index in [1.807, 2.05) is 0 Å². The van der Waals surface area contributed by atoms with Crippen molar-refractivity contribution in [1.29, 1.82) is 0 Å². The molecule has 0 unspecified atom stereocenters. The molecule has 0 saturated heterocycles. The molecule has 1 heterocycles. The predicted molar refractivity (Wildman–Crippen MR) is 53.1 cm³/mol. The van der Waals surface area contributed by atoms with Crippen LogP contribution in [0.1, 0.15) is 0 Å². The van der Waals surface area contributed by atoms with E-state index in [2.05, 4.69) is 10.2 Å². The molecule has 0 aliphatic heterocycles. The standard InChI is InChI=1S/C8H7N3O2S/c9-8-11-10-7(14-8)5-3-4(12)1-2-6(5)13/h1-3,12-13H,(H2,9,11). The molecule has 6 heteroatoms. The summed E-state index contributed by atoms with van der Waals surface area (Å²) in [6.45, 7) is 0. The van der Waals surface area contributed by atoms with Crippen LogP contribution >= 0.6 is 11.3 Å². The zero-order valence-electron chi connectivity index (χ0n) is 7.01. The number of hydrogen-bond donors (Lipinski definition) is 3. The van der Waals surface area contributed by atoms with Gasteiger partial charge >= 0.3 is 0 Å². The fraction of sp³-hybridized carbons (Fsp3) is 0. The van der Waals surface area contributed by atoms with Gasteiger partial charge < -0.3 is 15.9 Å². The van der Waals surface area contributed by atoms with Gasteiger partial charge in [-0.1, -0.05) is 11.3 Å². The number of nitrogen functional groups attached to an aromatic ring is 1. The van der Waals surface area contributed by atoms with Crippen LogP contribution in [0, 0.1) is 0 Å². The number of benzene rings is 1. The van der Waals surface area contributed by atoms with Gasteiger partial charge in [0.15, 0.2) is 5.01 Å². The highest BCUT2D eigenvalue weighted by molar-refractivity contribution is 7.18. The van der Waals surface area contributed by atoms with Crippen LogP contribution in [-0.2, 0) is 0 Å². The van der Waals surface area contributed by atoms with Crippen LogP contribution in [0.4, 0.5) is 5.13 Å². The van der Waals surface area contributed by atoms with Gasteiger partial charge in [-0.05, 0) is 18.2 Å². The van der Waals surface area contributed by atoms with Crippen molar-refractivity contribution in [2.75, 3.05) is 5.73 Å². The Kier molecular flexibility index (Phi) is 1.97. The Hall–Kier alpha value is -1.82. The van der Waals surface area contributed by atoms with Crippen LogP contribution in [0.2, 0.25) is 0 Å². The molecule has 0 bridgehead atoms. The minimum Gasteiger partial charge on any atom is -0.508 e. The minimum absolute atomic E-state index is 0.0407. The van der Waals surface area contributed by atoms with E-state index >= 15 is 0 Å². The Morgan fingerprint density at radius 2 is 2.00 bits per heavy atom. The number of aromatic hydroxyl groups is 2. The summed E-state index contributed by atoms with van der Waals surface area (Å²) in [6, 6.07) is 4.20. The zero-order valence-corrected chi connectivity index (χ0v) is 7.82. The lowest BCUT2D eigenvalue weighted by Gasteiger charge is -1.99. The van der Waals surface area contributed by atoms with E-state index in [-0.39, 0.29) is 11.5 Å². The van der Waals surface area contributed by atoms with Crippen LogP contribution in [0.15, 0.2) is 18.2 Å². The number of nitrogens with zero attached hydrogens (tertiary/aromatic N) is 2. The molecular formula is C8H7N3O2S. The lowest BCUT2D eigenvalue weighted by molar-refractivity contribution is 0.462. The number of anilines is 1. The van der Waals surface area contributed by atoms with Gasteiger partial charge in [-0.2, -0.15) is 0 Å². The molecule has 4 N–H and O–H groups in total. The van der Waals surface area contributed by atoms with Gasteiger partial charge in [-0.25, -0.2) is 0 Å². The number of hydrogen-bond acceptors (Lipinski definition) is 6. The number of rotatable bonds is 1. The summed E-state index contributed by atoms with van der Waals surface area (Å²) in [7, 11) is 0. The zero-order chi connectivity index (χ0) is 10.1. The summed E-state index contributed by atoms with van der Waals surface area (Å²) < 4.78 is 0. The van der Waals surface area contributed by atoms with Crippen LogP contribution in [-0.4, -0.2) is 20.4 Å². The van der Waals surface area contributed by atoms with E-state index in [4.69, 9.17) is 5.73 Å². The molecule has 0 spiro atoms. The maximum atomic E-state index is 9.48. The lowest BCUT2D eigenvalue weighted by Crippen LogP contribution is -1.80. The SMILES string of the molecule is Nc1nnc(-c2cc(O)ccc2O)s1. The highest BCUT2D eigenvalue weighted by atomic mass is 32.1. The molecule has 0 radical (unpaired) electrons. The topological polar surface area (TPSA) is 92.3 Å². The lowest BCUT2D eigenvalue weighted by atomic mass is 10.2. The first-order valence-electron chi connectivity index (χ1n) is 3.78. The smallest absolute Gasteiger partial charge is 0.203 e. The molecule has 1 aromatic heterocycles. The van der Waals surface area contributed by atoms with Crippen LogP contribution < -0.4 is 5.73 Å². The predicted octanol–water partition coefficient (Wildman–Crippen LogP) is 1.20. The van der Waals surface area contributed by atoms with Crippen molar-refractivity contribution in [2.45, 2.75) is 0 Å². The maximum Gasteiger partial charge on any atom is 0.203 e. The van der Waals surface area contributed by atoms with Crippen molar-refractivity contribution in [1.82, 2.24) is 10.2 Å². The summed E-state index contributed by atoms with van der Waals surface area (Å²) in [5, 5.41) is 26.9. The summed E-state index contributed by atoms with van der Waals surface area (Å²) in [6.07, 6.45) is 0. The van der Waals surface area contributed by atoms with Crippen molar-refractivity contribution in [3.05, 3.63) is 18.2 Å². The van der Waals surface area contributed by atoms with Gasteiger partial charge in [-0.15, -0.1) is 10.2 Å². The van der Waals surface area contributed by atoms with Crippen molar-refractivity contribution >= 4 is 16.5 Å². The fourth-order valence-corrected chi connectivity index (χ4v) is 1.67. The average molecular weight is 209 g/mol. The van der Waals surface area contributed by atoms with E-state index in [1.165, 1.54) is 18.2 Å². The van der Waals surface area contributed by atoms with E-state index in [0.29, 0.717) is 15.7 Å². The number of phenols is 2. The first-order chi connectivity index (χ1) is 6.66. The highest BCUT2D eigenvalue weighted by Crippen LogP contribution is 2.34. The summed E-state index contributed by atoms with van der Waals surface area (Å²) in [5.41, 5.74) is 5.83. The van der Waals surface area contributed by atoms with Crippen LogP contribution in [0.25, 0.3) is 10.6 Å². The van der Waals surface area contributed by atoms with E-state index in [9.17, 15) is 10.2 Å². The Morgan fingerprint density at radius 1 is 1.21 bits per heavy atom. The molecule has 5 nitrogen and oxygen atoms in total. The monoisotopic (exact) mass is 209 g/mol. The molecule has 1 aromatic carbocycles. The Bertz CT molecular complexity index is 469. The summed E-state index contributed by atoms with van der Waals surface area (Å²) in [4.78, 5) is 0. The van der Waals surface area contributed by atoms with E-state index < -0.39 is 0 Å². The minimum atomic E-state index is 0.0407. The van der Waals surface area contributed by atoms with Gasteiger partial charge in [0.1, 0.15) is 11.5 Å². The third-order valence-corrected chi connectivity index (χ3v) is 2.44. The van der Waals surface area contributed by atoms with Gasteiger partial charge in [-0.3, -0.25) is 0 Å². The van der Waals surface area contributed by atoms with Crippen molar-refractivity contribution in [3.8, 4) is 22.1 Å². The molecule has 0 aliphatic carbocycles. The second-order valence-electron chi connectivity index (χ2n) is 2.65. The van der Waals surface area contributed by atoms with Gasteiger partial charge in [0.05, 0.1) is 5.56 Å². The number of nitrogens with two attached hydrogens (primary N) is 1. The van der Waals surface area contributed by atoms with Crippen LogP contribution in [0.5, 0.6) is 11.5 Å². The Balaban J connectivity index is 2.55. The van der Waals surface area contributed by atoms with Gasteiger partial charge in [0.25, 0.3) is 0 Å². The van der Waals surface area contributed by atoms with E-state index in [1.54, 1.807) is 0 Å². The molecule has 0 fully saturated rings. The molecule has 0 atom stereocenters. The van der Waals surface area contributed by atoms with Crippen molar-refractivity contribution < 1.29 is 10.2 Å². The number of phenolic OH excluding ortho intramolecular Hbond substituents is 2. The highest BCUT2D eigenvalue weighted by Gasteiger charge is 2.09. The molecule has 72 valence electrons. The molecular weight excluding hydrogens is 202 g/mol. The molecule has 0 amide bonds. The fourth-order valence-electron chi connectivity index (χ4n) is 1.04.